The summed E-state index contributed by atoms with van der Waals surface area (Å²) in [7, 11) is 0. The maximum atomic E-state index is 12.5. The second-order valence-electron chi connectivity index (χ2n) is 5.53. The highest BCUT2D eigenvalue weighted by molar-refractivity contribution is 6.08. The monoisotopic (exact) mass is 294 g/mol. The van der Waals surface area contributed by atoms with Crippen molar-refractivity contribution in [1.82, 2.24) is 10.6 Å². The third kappa shape index (κ3) is 1.79. The van der Waals surface area contributed by atoms with Crippen molar-refractivity contribution < 1.29 is 14.3 Å². The summed E-state index contributed by atoms with van der Waals surface area (Å²) in [5.74, 6) is 0.300. The molecule has 1 fully saturated rings. The Hall–Kier alpha value is -2.82. The number of imide groups is 1. The molecule has 2 aromatic carbocycles. The molecule has 1 saturated heterocycles. The van der Waals surface area contributed by atoms with E-state index in [1.165, 1.54) is 0 Å². The number of carbonyl (C=O) groups is 2. The van der Waals surface area contributed by atoms with E-state index in [9.17, 15) is 9.59 Å². The quantitative estimate of drug-likeness (QED) is 0.793. The molecule has 5 nitrogen and oxygen atoms in total. The maximum absolute atomic E-state index is 12.5. The maximum Gasteiger partial charge on any atom is 0.322 e. The van der Waals surface area contributed by atoms with Crippen molar-refractivity contribution in [2.45, 2.75) is 18.1 Å². The molecule has 22 heavy (non-hydrogen) atoms. The lowest BCUT2D eigenvalue weighted by Gasteiger charge is -2.37. The van der Waals surface area contributed by atoms with Gasteiger partial charge in [-0.25, -0.2) is 4.79 Å². The Morgan fingerprint density at radius 2 is 1.73 bits per heavy atom. The summed E-state index contributed by atoms with van der Waals surface area (Å²) in [6.45, 7) is 0. The highest BCUT2D eigenvalue weighted by atomic mass is 16.5. The SMILES string of the molecule is O=C1NC(=O)C2(CC(c3ccccc3)Oc3ccccc32)N1. The molecular formula is C17H14N2O3. The van der Waals surface area contributed by atoms with Crippen LogP contribution >= 0.6 is 0 Å². The molecule has 2 unspecified atom stereocenters. The predicted octanol–water partition coefficient (Wildman–Crippen LogP) is 2.25. The van der Waals surface area contributed by atoms with Crippen molar-refractivity contribution in [1.29, 1.82) is 0 Å². The highest BCUT2D eigenvalue weighted by Gasteiger charge is 2.53. The molecule has 0 aliphatic carbocycles. The number of hydrogen-bond acceptors (Lipinski definition) is 3. The minimum atomic E-state index is -1.06. The standard InChI is InChI=1S/C17H14N2O3/c20-15-17(19-16(21)18-15)10-14(11-6-2-1-3-7-11)22-13-9-5-4-8-12(13)17/h1-9,14H,10H2,(H2,18,19,20,21). The number of urea groups is 1. The fraction of sp³-hybridized carbons (Fsp3) is 0.176. The zero-order valence-corrected chi connectivity index (χ0v) is 11.7. The average molecular weight is 294 g/mol. The first-order valence-electron chi connectivity index (χ1n) is 7.14. The number of nitrogens with one attached hydrogen (secondary N) is 2. The minimum Gasteiger partial charge on any atom is -0.485 e. The first kappa shape index (κ1) is 12.9. The molecule has 0 saturated carbocycles. The van der Waals surface area contributed by atoms with Crippen LogP contribution in [0.15, 0.2) is 54.6 Å². The van der Waals surface area contributed by atoms with Gasteiger partial charge in [-0.05, 0) is 11.6 Å². The molecule has 4 rings (SSSR count). The van der Waals surface area contributed by atoms with E-state index in [0.29, 0.717) is 17.7 Å². The van der Waals surface area contributed by atoms with Gasteiger partial charge in [0.2, 0.25) is 0 Å². The Bertz CT molecular complexity index is 760. The molecule has 2 aromatic rings. The van der Waals surface area contributed by atoms with Crippen molar-refractivity contribution in [2.24, 2.45) is 0 Å². The van der Waals surface area contributed by atoms with Gasteiger partial charge in [-0.2, -0.15) is 0 Å². The summed E-state index contributed by atoms with van der Waals surface area (Å²) in [5, 5.41) is 5.14. The topological polar surface area (TPSA) is 67.4 Å². The number of amides is 3. The number of fused-ring (bicyclic) bond motifs is 2. The van der Waals surface area contributed by atoms with Gasteiger partial charge in [0.05, 0.1) is 0 Å². The Morgan fingerprint density at radius 1 is 1.00 bits per heavy atom. The second-order valence-corrected chi connectivity index (χ2v) is 5.53. The number of carbonyl (C=O) groups excluding carboxylic acids is 2. The van der Waals surface area contributed by atoms with E-state index in [2.05, 4.69) is 10.6 Å². The average Bonchev–Trinajstić information content (AvgIpc) is 2.82. The van der Waals surface area contributed by atoms with E-state index in [0.717, 1.165) is 5.56 Å². The van der Waals surface area contributed by atoms with Crippen LogP contribution in [-0.4, -0.2) is 11.9 Å². The lowest BCUT2D eigenvalue weighted by atomic mass is 9.80. The van der Waals surface area contributed by atoms with Crippen molar-refractivity contribution in [3.05, 3.63) is 65.7 Å². The molecule has 2 heterocycles. The fourth-order valence-electron chi connectivity index (χ4n) is 3.18. The largest absolute Gasteiger partial charge is 0.485 e. The highest BCUT2D eigenvalue weighted by Crippen LogP contribution is 2.45. The van der Waals surface area contributed by atoms with Gasteiger partial charge in [-0.15, -0.1) is 0 Å². The number of para-hydroxylation sites is 1. The van der Waals surface area contributed by atoms with Gasteiger partial charge in [-0.1, -0.05) is 48.5 Å². The van der Waals surface area contributed by atoms with Gasteiger partial charge in [0.1, 0.15) is 11.9 Å². The van der Waals surface area contributed by atoms with Gasteiger partial charge in [-0.3, -0.25) is 10.1 Å². The molecule has 3 amide bonds. The number of ether oxygens (including phenoxy) is 1. The zero-order chi connectivity index (χ0) is 15.2. The molecule has 0 radical (unpaired) electrons. The van der Waals surface area contributed by atoms with Gasteiger partial charge in [0.25, 0.3) is 5.91 Å². The molecular weight excluding hydrogens is 280 g/mol. The van der Waals surface area contributed by atoms with Gasteiger partial charge < -0.3 is 10.1 Å². The summed E-state index contributed by atoms with van der Waals surface area (Å²) < 4.78 is 6.06. The number of hydrogen-bond donors (Lipinski definition) is 2. The van der Waals surface area contributed by atoms with Crippen LogP contribution in [0.1, 0.15) is 23.7 Å². The minimum absolute atomic E-state index is 0.291. The molecule has 0 aromatic heterocycles. The van der Waals surface area contributed by atoms with Gasteiger partial charge >= 0.3 is 6.03 Å². The van der Waals surface area contributed by atoms with Crippen LogP contribution in [0.25, 0.3) is 0 Å². The van der Waals surface area contributed by atoms with E-state index in [1.54, 1.807) is 0 Å². The molecule has 110 valence electrons. The van der Waals surface area contributed by atoms with Crippen LogP contribution in [0.4, 0.5) is 4.79 Å². The van der Waals surface area contributed by atoms with Crippen molar-refractivity contribution in [2.75, 3.05) is 0 Å². The molecule has 1 spiro atoms. The first-order valence-corrected chi connectivity index (χ1v) is 7.14. The number of rotatable bonds is 1. The third-order valence-electron chi connectivity index (χ3n) is 4.22. The van der Waals surface area contributed by atoms with Crippen LogP contribution in [0.2, 0.25) is 0 Å². The predicted molar refractivity (Wildman–Crippen MR) is 79.2 cm³/mol. The summed E-state index contributed by atoms with van der Waals surface area (Å²) >= 11 is 0. The molecule has 2 N–H and O–H groups in total. The van der Waals surface area contributed by atoms with Crippen LogP contribution in [0.5, 0.6) is 5.75 Å². The zero-order valence-electron chi connectivity index (χ0n) is 11.7. The summed E-state index contributed by atoms with van der Waals surface area (Å²) in [6, 6.07) is 16.6. The van der Waals surface area contributed by atoms with Crippen molar-refractivity contribution in [3.8, 4) is 5.75 Å². The number of benzene rings is 2. The Balaban J connectivity index is 1.84. The Kier molecular flexibility index (Phi) is 2.69. The third-order valence-corrected chi connectivity index (χ3v) is 4.22. The Morgan fingerprint density at radius 3 is 2.45 bits per heavy atom. The van der Waals surface area contributed by atoms with E-state index >= 15 is 0 Å². The molecule has 2 aliphatic rings. The molecule has 2 aliphatic heterocycles. The Labute approximate surface area is 127 Å². The lowest BCUT2D eigenvalue weighted by Crippen LogP contribution is -2.48. The van der Waals surface area contributed by atoms with Crippen LogP contribution < -0.4 is 15.4 Å². The van der Waals surface area contributed by atoms with Crippen LogP contribution in [0, 0.1) is 0 Å². The summed E-state index contributed by atoms with van der Waals surface area (Å²) in [4.78, 5) is 24.1. The van der Waals surface area contributed by atoms with E-state index in [4.69, 9.17) is 4.74 Å². The van der Waals surface area contributed by atoms with Crippen molar-refractivity contribution in [3.63, 3.8) is 0 Å². The van der Waals surface area contributed by atoms with Crippen LogP contribution in [-0.2, 0) is 10.3 Å². The first-order chi connectivity index (χ1) is 10.7. The normalized spacial score (nSPS) is 26.1. The summed E-state index contributed by atoms with van der Waals surface area (Å²) in [5.41, 5.74) is 0.614. The smallest absolute Gasteiger partial charge is 0.322 e. The fourth-order valence-corrected chi connectivity index (χ4v) is 3.18. The summed E-state index contributed by atoms with van der Waals surface area (Å²) in [6.07, 6.45) is 0.0752. The van der Waals surface area contributed by atoms with E-state index < -0.39 is 11.6 Å². The van der Waals surface area contributed by atoms with E-state index in [-0.39, 0.29) is 12.0 Å². The lowest BCUT2D eigenvalue weighted by molar-refractivity contribution is -0.126. The molecule has 2 atom stereocenters. The molecule has 5 heteroatoms. The van der Waals surface area contributed by atoms with Crippen molar-refractivity contribution >= 4 is 11.9 Å². The van der Waals surface area contributed by atoms with Gasteiger partial charge in [0.15, 0.2) is 5.54 Å². The van der Waals surface area contributed by atoms with E-state index in [1.807, 2.05) is 54.6 Å². The molecule has 0 bridgehead atoms. The second kappa shape index (κ2) is 4.59. The van der Waals surface area contributed by atoms with Gasteiger partial charge in [0, 0.05) is 12.0 Å². The van der Waals surface area contributed by atoms with Crippen LogP contribution in [0.3, 0.4) is 0 Å².